The van der Waals surface area contributed by atoms with E-state index in [1.165, 1.54) is 37.6 Å². The van der Waals surface area contributed by atoms with Crippen molar-refractivity contribution in [1.29, 1.82) is 5.41 Å². The van der Waals surface area contributed by atoms with Gasteiger partial charge in [0.25, 0.3) is 0 Å². The molecule has 176 valence electrons. The van der Waals surface area contributed by atoms with Crippen molar-refractivity contribution < 1.29 is 9.47 Å². The molecule has 0 saturated carbocycles. The lowest BCUT2D eigenvalue weighted by atomic mass is 9.98. The van der Waals surface area contributed by atoms with Gasteiger partial charge in [-0.05, 0) is 59.8 Å². The van der Waals surface area contributed by atoms with Crippen LogP contribution in [-0.4, -0.2) is 50.3 Å². The summed E-state index contributed by atoms with van der Waals surface area (Å²) in [6.45, 7) is 7.95. The molecule has 5 rings (SSSR count). The van der Waals surface area contributed by atoms with Gasteiger partial charge in [0.05, 0.1) is 6.33 Å². The minimum Gasteiger partial charge on any atom is -0.454 e. The van der Waals surface area contributed by atoms with Crippen molar-refractivity contribution in [2.45, 2.75) is 62.2 Å². The maximum Gasteiger partial charge on any atom is 0.231 e. The highest BCUT2D eigenvalue weighted by molar-refractivity contribution is 9.10. The van der Waals surface area contributed by atoms with E-state index < -0.39 is 0 Å². The molecule has 1 fully saturated rings. The topological polar surface area (TPSA) is 92.0 Å². The van der Waals surface area contributed by atoms with Gasteiger partial charge in [0, 0.05) is 28.5 Å². The third-order valence-electron chi connectivity index (χ3n) is 6.21. The molecule has 0 bridgehead atoms. The summed E-state index contributed by atoms with van der Waals surface area (Å²) in [6, 6.07) is 4.45. The number of rotatable bonds is 7. The highest BCUT2D eigenvalue weighted by atomic mass is 79.9. The number of aryl methyl sites for hydroxylation is 1. The van der Waals surface area contributed by atoms with Crippen LogP contribution in [0, 0.1) is 11.3 Å². The van der Waals surface area contributed by atoms with Gasteiger partial charge in [-0.25, -0.2) is 9.97 Å². The van der Waals surface area contributed by atoms with Crippen LogP contribution in [0.3, 0.4) is 0 Å². The zero-order chi connectivity index (χ0) is 22.9. The normalized spacial score (nSPS) is 18.5. The van der Waals surface area contributed by atoms with E-state index in [2.05, 4.69) is 54.2 Å². The van der Waals surface area contributed by atoms with E-state index in [0.29, 0.717) is 17.5 Å². The van der Waals surface area contributed by atoms with E-state index in [1.807, 2.05) is 12.1 Å². The van der Waals surface area contributed by atoms with Gasteiger partial charge in [0.2, 0.25) is 6.79 Å². The molecule has 33 heavy (non-hydrogen) atoms. The number of imidazole rings is 1. The Kier molecular flexibility index (Phi) is 6.67. The van der Waals surface area contributed by atoms with Gasteiger partial charge < -0.3 is 23.9 Å². The van der Waals surface area contributed by atoms with Crippen molar-refractivity contribution in [2.75, 3.05) is 19.9 Å². The fourth-order valence-electron chi connectivity index (χ4n) is 4.70. The second-order valence-corrected chi connectivity index (χ2v) is 10.9. The molecule has 1 atom stereocenters. The zero-order valence-corrected chi connectivity index (χ0v) is 21.3. The number of nitrogens with one attached hydrogen (secondary N) is 2. The Hall–Kier alpha value is -2.04. The first kappa shape index (κ1) is 22.7. The van der Waals surface area contributed by atoms with Crippen LogP contribution in [0.5, 0.6) is 11.5 Å². The number of ether oxygens (including phenoxy) is 2. The largest absolute Gasteiger partial charge is 0.454 e. The van der Waals surface area contributed by atoms with Crippen molar-refractivity contribution in [3.05, 3.63) is 28.4 Å². The van der Waals surface area contributed by atoms with E-state index in [0.717, 1.165) is 51.2 Å². The predicted molar refractivity (Wildman–Crippen MR) is 131 cm³/mol. The molecule has 1 aromatic carbocycles. The Bertz CT molecular complexity index is 1210. The summed E-state index contributed by atoms with van der Waals surface area (Å²) in [6.07, 6.45) is 6.49. The molecule has 2 N–H and O–H groups in total. The number of aromatic nitrogens is 4. The van der Waals surface area contributed by atoms with Crippen molar-refractivity contribution in [1.82, 2.24) is 24.4 Å². The Morgan fingerprint density at radius 2 is 2.09 bits per heavy atom. The molecule has 0 radical (unpaired) electrons. The maximum absolute atomic E-state index is 8.42. The lowest BCUT2D eigenvalue weighted by molar-refractivity contribution is 0.121. The van der Waals surface area contributed by atoms with Gasteiger partial charge in [-0.15, -0.1) is 0 Å². The maximum atomic E-state index is 8.42. The van der Waals surface area contributed by atoms with E-state index in [4.69, 9.17) is 14.9 Å². The lowest BCUT2D eigenvalue weighted by Crippen LogP contribution is -2.42. The molecule has 2 aliphatic heterocycles. The summed E-state index contributed by atoms with van der Waals surface area (Å²) in [4.78, 5) is 15.9. The monoisotopic (exact) mass is 532 g/mol. The molecule has 8 nitrogen and oxygen atoms in total. The number of H-pyrrole nitrogens is 1. The van der Waals surface area contributed by atoms with Crippen molar-refractivity contribution in [3.63, 3.8) is 0 Å². The summed E-state index contributed by atoms with van der Waals surface area (Å²) < 4.78 is 14.1. The van der Waals surface area contributed by atoms with E-state index >= 15 is 0 Å². The van der Waals surface area contributed by atoms with Gasteiger partial charge in [0.1, 0.15) is 5.52 Å². The van der Waals surface area contributed by atoms with Gasteiger partial charge in [0.15, 0.2) is 27.8 Å². The second-order valence-electron chi connectivity index (χ2n) is 9.06. The van der Waals surface area contributed by atoms with Crippen LogP contribution in [0.1, 0.15) is 39.5 Å². The minimum absolute atomic E-state index is 0.206. The van der Waals surface area contributed by atoms with Gasteiger partial charge in [-0.2, -0.15) is 0 Å². The molecule has 0 spiro atoms. The number of nitrogens with zero attached hydrogens (tertiary/aromatic N) is 4. The molecule has 0 aliphatic carbocycles. The number of aromatic amines is 1. The van der Waals surface area contributed by atoms with Crippen LogP contribution in [0.25, 0.3) is 11.2 Å². The standard InChI is InChI=1S/C23H29BrN6O2S/c1-14(2)11-29-7-4-3-5-15(29)6-8-30-22-20(26-12-27-22)21(25)28-23(30)33-19-10-18-17(9-16(19)24)31-13-32-18/h9-10,12,14-15,25H,3-8,11,13H2,1-2H3,(H,26,27). The van der Waals surface area contributed by atoms with Crippen LogP contribution < -0.4 is 15.0 Å². The molecule has 10 heteroatoms. The molecular weight excluding hydrogens is 504 g/mol. The third kappa shape index (κ3) is 4.79. The SMILES string of the molecule is CC(C)CN1CCCCC1CCn1c(Sc2cc3c(cc2Br)OCO3)nc(=N)c2[nH]cnc21. The smallest absolute Gasteiger partial charge is 0.231 e. The summed E-state index contributed by atoms with van der Waals surface area (Å²) >= 11 is 5.18. The van der Waals surface area contributed by atoms with Gasteiger partial charge >= 0.3 is 0 Å². The molecule has 2 aliphatic rings. The molecular formula is C23H29BrN6O2S. The van der Waals surface area contributed by atoms with Crippen LogP contribution >= 0.6 is 27.7 Å². The number of benzene rings is 1. The van der Waals surface area contributed by atoms with Crippen LogP contribution in [0.4, 0.5) is 0 Å². The van der Waals surface area contributed by atoms with Crippen LogP contribution in [0.2, 0.25) is 0 Å². The number of likely N-dealkylation sites (tertiary alicyclic amines) is 1. The number of hydrogen-bond donors (Lipinski definition) is 2. The van der Waals surface area contributed by atoms with Crippen molar-refractivity contribution in [3.8, 4) is 11.5 Å². The molecule has 0 amide bonds. The fraction of sp³-hybridized carbons (Fsp3) is 0.522. The number of fused-ring (bicyclic) bond motifs is 2. The predicted octanol–water partition coefficient (Wildman–Crippen LogP) is 4.78. The highest BCUT2D eigenvalue weighted by Gasteiger charge is 2.24. The van der Waals surface area contributed by atoms with E-state index in [1.54, 1.807) is 6.33 Å². The Labute approximate surface area is 205 Å². The summed E-state index contributed by atoms with van der Waals surface area (Å²) in [5.74, 6) is 2.12. The molecule has 1 saturated heterocycles. The van der Waals surface area contributed by atoms with Crippen molar-refractivity contribution in [2.24, 2.45) is 5.92 Å². The molecule has 1 unspecified atom stereocenters. The lowest BCUT2D eigenvalue weighted by Gasteiger charge is -2.37. The quantitative estimate of drug-likeness (QED) is 0.425. The first-order chi connectivity index (χ1) is 16.0. The summed E-state index contributed by atoms with van der Waals surface area (Å²) in [5.41, 5.74) is 1.66. The number of hydrogen-bond acceptors (Lipinski definition) is 7. The van der Waals surface area contributed by atoms with Crippen LogP contribution in [0.15, 0.2) is 33.0 Å². The first-order valence-corrected chi connectivity index (χ1v) is 13.1. The number of piperidine rings is 1. The third-order valence-corrected chi connectivity index (χ3v) is 8.18. The van der Waals surface area contributed by atoms with Crippen LogP contribution in [-0.2, 0) is 6.54 Å². The summed E-state index contributed by atoms with van der Waals surface area (Å²) in [7, 11) is 0. The Balaban J connectivity index is 1.45. The van der Waals surface area contributed by atoms with Gasteiger partial charge in [-0.1, -0.05) is 32.0 Å². The highest BCUT2D eigenvalue weighted by Crippen LogP contribution is 2.42. The average Bonchev–Trinajstić information content (AvgIpc) is 3.44. The average molecular weight is 533 g/mol. The van der Waals surface area contributed by atoms with E-state index in [-0.39, 0.29) is 12.3 Å². The number of halogens is 1. The fourth-order valence-corrected chi connectivity index (χ4v) is 6.21. The minimum atomic E-state index is 0.206. The molecule has 3 aromatic rings. The van der Waals surface area contributed by atoms with E-state index in [9.17, 15) is 0 Å². The Morgan fingerprint density at radius 1 is 1.27 bits per heavy atom. The molecule has 4 heterocycles. The first-order valence-electron chi connectivity index (χ1n) is 11.5. The second kappa shape index (κ2) is 9.68. The summed E-state index contributed by atoms with van der Waals surface area (Å²) in [5, 5.41) is 9.18. The zero-order valence-electron chi connectivity index (χ0n) is 18.9. The van der Waals surface area contributed by atoms with Crippen molar-refractivity contribution >= 4 is 38.9 Å². The van der Waals surface area contributed by atoms with Gasteiger partial charge in [-0.3, -0.25) is 5.41 Å². The Morgan fingerprint density at radius 3 is 2.91 bits per heavy atom. The molecule has 2 aromatic heterocycles.